The molecule has 1 aromatic carbocycles. The van der Waals surface area contributed by atoms with E-state index in [1.807, 2.05) is 30.5 Å². The standard InChI is InChI=1S/C19H15N5O2/c20-11-14-5-7-21-18(9-14)26-17-12-23(13-17)19(25)15-3-1-4-16(10-15)24-8-2-6-22-24/h1-10,17H,12-13H2. The highest BCUT2D eigenvalue weighted by atomic mass is 16.5. The van der Waals surface area contributed by atoms with Crippen LogP contribution in [-0.4, -0.2) is 44.8 Å². The number of rotatable bonds is 4. The van der Waals surface area contributed by atoms with Crippen molar-refractivity contribution in [1.29, 1.82) is 5.26 Å². The van der Waals surface area contributed by atoms with Crippen LogP contribution in [0.15, 0.2) is 61.1 Å². The molecular formula is C19H15N5O2. The Morgan fingerprint density at radius 3 is 2.85 bits per heavy atom. The van der Waals surface area contributed by atoms with Crippen LogP contribution in [-0.2, 0) is 0 Å². The number of aromatic nitrogens is 3. The molecular weight excluding hydrogens is 330 g/mol. The molecule has 1 aliphatic heterocycles. The molecule has 0 radical (unpaired) electrons. The molecule has 2 aromatic heterocycles. The summed E-state index contributed by atoms with van der Waals surface area (Å²) in [4.78, 5) is 18.4. The van der Waals surface area contributed by atoms with E-state index >= 15 is 0 Å². The molecule has 7 nitrogen and oxygen atoms in total. The van der Waals surface area contributed by atoms with Gasteiger partial charge in [-0.2, -0.15) is 10.4 Å². The lowest BCUT2D eigenvalue weighted by atomic mass is 10.1. The largest absolute Gasteiger partial charge is 0.471 e. The van der Waals surface area contributed by atoms with Crippen molar-refractivity contribution < 1.29 is 9.53 Å². The van der Waals surface area contributed by atoms with E-state index in [-0.39, 0.29) is 12.0 Å². The summed E-state index contributed by atoms with van der Waals surface area (Å²) in [5, 5.41) is 13.1. The Balaban J connectivity index is 1.39. The Bertz CT molecular complexity index is 972. The number of hydrogen-bond acceptors (Lipinski definition) is 5. The van der Waals surface area contributed by atoms with Crippen LogP contribution in [0.2, 0.25) is 0 Å². The summed E-state index contributed by atoms with van der Waals surface area (Å²) in [5.41, 5.74) is 1.95. The third kappa shape index (κ3) is 3.13. The van der Waals surface area contributed by atoms with Gasteiger partial charge in [0.25, 0.3) is 5.91 Å². The highest BCUT2D eigenvalue weighted by Gasteiger charge is 2.33. The maximum absolute atomic E-state index is 12.6. The van der Waals surface area contributed by atoms with Gasteiger partial charge < -0.3 is 9.64 Å². The van der Waals surface area contributed by atoms with Crippen LogP contribution in [0.25, 0.3) is 5.69 Å². The van der Waals surface area contributed by atoms with E-state index < -0.39 is 0 Å². The smallest absolute Gasteiger partial charge is 0.254 e. The van der Waals surface area contributed by atoms with Gasteiger partial charge >= 0.3 is 0 Å². The Labute approximate surface area is 150 Å². The molecule has 1 amide bonds. The van der Waals surface area contributed by atoms with E-state index in [2.05, 4.69) is 16.2 Å². The second-order valence-corrected chi connectivity index (χ2v) is 5.95. The summed E-state index contributed by atoms with van der Waals surface area (Å²) in [6, 6.07) is 14.5. The van der Waals surface area contributed by atoms with Crippen LogP contribution in [0.4, 0.5) is 0 Å². The van der Waals surface area contributed by atoms with Crippen LogP contribution in [0.3, 0.4) is 0 Å². The summed E-state index contributed by atoms with van der Waals surface area (Å²) < 4.78 is 7.44. The zero-order chi connectivity index (χ0) is 17.9. The monoisotopic (exact) mass is 345 g/mol. The topological polar surface area (TPSA) is 84.0 Å². The maximum atomic E-state index is 12.6. The van der Waals surface area contributed by atoms with Crippen molar-refractivity contribution >= 4 is 5.91 Å². The summed E-state index contributed by atoms with van der Waals surface area (Å²) in [6.45, 7) is 0.979. The molecule has 3 heterocycles. The number of amides is 1. The molecule has 3 aromatic rings. The number of carbonyl (C=O) groups is 1. The minimum absolute atomic E-state index is 0.0439. The molecule has 4 rings (SSSR count). The van der Waals surface area contributed by atoms with Gasteiger partial charge in [-0.25, -0.2) is 9.67 Å². The molecule has 1 saturated heterocycles. The van der Waals surface area contributed by atoms with Gasteiger partial charge in [-0.3, -0.25) is 4.79 Å². The number of likely N-dealkylation sites (tertiary alicyclic amines) is 1. The van der Waals surface area contributed by atoms with Crippen molar-refractivity contribution in [3.05, 3.63) is 72.2 Å². The number of benzene rings is 1. The van der Waals surface area contributed by atoms with Crippen LogP contribution in [0.5, 0.6) is 5.88 Å². The second-order valence-electron chi connectivity index (χ2n) is 5.95. The molecule has 0 spiro atoms. The summed E-state index contributed by atoms with van der Waals surface area (Å²) in [6.07, 6.45) is 4.95. The van der Waals surface area contributed by atoms with E-state index in [0.29, 0.717) is 30.1 Å². The minimum Gasteiger partial charge on any atom is -0.471 e. The van der Waals surface area contributed by atoms with Gasteiger partial charge in [0.05, 0.1) is 30.4 Å². The lowest BCUT2D eigenvalue weighted by Gasteiger charge is -2.38. The first-order valence-corrected chi connectivity index (χ1v) is 8.15. The number of nitrogens with zero attached hydrogens (tertiary/aromatic N) is 5. The fraction of sp³-hybridized carbons (Fsp3) is 0.158. The quantitative estimate of drug-likeness (QED) is 0.722. The maximum Gasteiger partial charge on any atom is 0.254 e. The normalized spacial score (nSPS) is 13.7. The molecule has 1 fully saturated rings. The molecule has 0 unspecified atom stereocenters. The zero-order valence-corrected chi connectivity index (χ0v) is 13.8. The Morgan fingerprint density at radius 1 is 1.19 bits per heavy atom. The number of carbonyl (C=O) groups excluding carboxylic acids is 1. The van der Waals surface area contributed by atoms with E-state index in [0.717, 1.165) is 5.69 Å². The van der Waals surface area contributed by atoms with Crippen LogP contribution < -0.4 is 4.74 Å². The van der Waals surface area contributed by atoms with Gasteiger partial charge in [0.1, 0.15) is 6.10 Å². The van der Waals surface area contributed by atoms with E-state index in [1.54, 1.807) is 34.0 Å². The molecule has 0 aliphatic carbocycles. The predicted octanol–water partition coefficient (Wildman–Crippen LogP) is 2.04. The molecule has 0 N–H and O–H groups in total. The minimum atomic E-state index is -0.116. The predicted molar refractivity (Wildman–Crippen MR) is 92.8 cm³/mol. The summed E-state index contributed by atoms with van der Waals surface area (Å²) >= 11 is 0. The number of nitriles is 1. The van der Waals surface area contributed by atoms with Gasteiger partial charge in [-0.05, 0) is 30.3 Å². The third-order valence-corrected chi connectivity index (χ3v) is 4.15. The molecule has 1 aliphatic rings. The first kappa shape index (κ1) is 15.8. The van der Waals surface area contributed by atoms with Crippen molar-refractivity contribution in [1.82, 2.24) is 19.7 Å². The van der Waals surface area contributed by atoms with Crippen LogP contribution >= 0.6 is 0 Å². The third-order valence-electron chi connectivity index (χ3n) is 4.15. The molecule has 0 atom stereocenters. The first-order valence-electron chi connectivity index (χ1n) is 8.15. The van der Waals surface area contributed by atoms with E-state index in [1.165, 1.54) is 6.20 Å². The zero-order valence-electron chi connectivity index (χ0n) is 13.8. The van der Waals surface area contributed by atoms with E-state index in [9.17, 15) is 4.79 Å². The van der Waals surface area contributed by atoms with Gasteiger partial charge in [-0.15, -0.1) is 0 Å². The molecule has 128 valence electrons. The van der Waals surface area contributed by atoms with Crippen molar-refractivity contribution in [2.45, 2.75) is 6.10 Å². The molecule has 26 heavy (non-hydrogen) atoms. The van der Waals surface area contributed by atoms with Crippen LogP contribution in [0, 0.1) is 11.3 Å². The van der Waals surface area contributed by atoms with Gasteiger partial charge in [0, 0.05) is 30.2 Å². The average molecular weight is 345 g/mol. The van der Waals surface area contributed by atoms with Crippen molar-refractivity contribution in [3.8, 4) is 17.6 Å². The first-order chi connectivity index (χ1) is 12.7. The van der Waals surface area contributed by atoms with Gasteiger partial charge in [0.2, 0.25) is 5.88 Å². The summed E-state index contributed by atoms with van der Waals surface area (Å²) in [7, 11) is 0. The molecule has 0 bridgehead atoms. The van der Waals surface area contributed by atoms with Crippen molar-refractivity contribution in [2.24, 2.45) is 0 Å². The highest BCUT2D eigenvalue weighted by Crippen LogP contribution is 2.20. The Morgan fingerprint density at radius 2 is 2.08 bits per heavy atom. The molecule has 0 saturated carbocycles. The SMILES string of the molecule is N#Cc1ccnc(OC2CN(C(=O)c3cccc(-n4cccn4)c3)C2)c1. The lowest BCUT2D eigenvalue weighted by molar-refractivity contribution is 0.0160. The van der Waals surface area contributed by atoms with Gasteiger partial charge in [-0.1, -0.05) is 6.07 Å². The fourth-order valence-electron chi connectivity index (χ4n) is 2.78. The van der Waals surface area contributed by atoms with Crippen molar-refractivity contribution in [2.75, 3.05) is 13.1 Å². The highest BCUT2D eigenvalue weighted by molar-refractivity contribution is 5.95. The van der Waals surface area contributed by atoms with E-state index in [4.69, 9.17) is 10.00 Å². The lowest BCUT2D eigenvalue weighted by Crippen LogP contribution is -2.56. The fourth-order valence-corrected chi connectivity index (χ4v) is 2.78. The average Bonchev–Trinajstić information content (AvgIpc) is 3.19. The second kappa shape index (κ2) is 6.69. The molecule has 7 heteroatoms. The number of pyridine rings is 1. The Hall–Kier alpha value is -3.66. The van der Waals surface area contributed by atoms with Crippen LogP contribution in [0.1, 0.15) is 15.9 Å². The van der Waals surface area contributed by atoms with Crippen molar-refractivity contribution in [3.63, 3.8) is 0 Å². The number of ether oxygens (including phenoxy) is 1. The Kier molecular flexibility index (Phi) is 4.07. The summed E-state index contributed by atoms with van der Waals surface area (Å²) in [5.74, 6) is 0.361. The number of hydrogen-bond donors (Lipinski definition) is 0. The van der Waals surface area contributed by atoms with Gasteiger partial charge in [0.15, 0.2) is 0 Å².